The summed E-state index contributed by atoms with van der Waals surface area (Å²) in [4.78, 5) is 4.64. The van der Waals surface area contributed by atoms with Crippen LogP contribution in [0.4, 0.5) is 11.4 Å². The van der Waals surface area contributed by atoms with Gasteiger partial charge in [-0.3, -0.25) is 0 Å². The number of likely N-dealkylation sites (N-methyl/N-ethyl adjacent to an activating group) is 2. The van der Waals surface area contributed by atoms with E-state index in [1.54, 1.807) is 7.11 Å². The van der Waals surface area contributed by atoms with Crippen molar-refractivity contribution in [3.05, 3.63) is 250 Å². The third-order valence-electron chi connectivity index (χ3n) is 15.4. The van der Waals surface area contributed by atoms with Crippen LogP contribution in [0.1, 0.15) is 96.6 Å². The normalized spacial score (nSPS) is 20.4. The molecule has 0 radical (unpaired) electrons. The summed E-state index contributed by atoms with van der Waals surface area (Å²) in [6.45, 7) is 20.7. The van der Waals surface area contributed by atoms with Gasteiger partial charge in [-0.25, -0.2) is 0 Å². The molecular formula is C66H72N2O. The second-order valence-corrected chi connectivity index (χ2v) is 20.9. The maximum Gasteiger partial charge on any atom is 0.119 e. The fourth-order valence-electron chi connectivity index (χ4n) is 11.4. The molecule has 5 aromatic carbocycles. The van der Waals surface area contributed by atoms with E-state index in [4.69, 9.17) is 4.74 Å². The smallest absolute Gasteiger partial charge is 0.119 e. The Morgan fingerprint density at radius 3 is 2.04 bits per heavy atom. The van der Waals surface area contributed by atoms with Crippen LogP contribution in [0.15, 0.2) is 222 Å². The molecule has 352 valence electrons. The molecule has 3 nitrogen and oxygen atoms in total. The second kappa shape index (κ2) is 19.6. The molecule has 3 heteroatoms. The molecule has 5 aromatic rings. The van der Waals surface area contributed by atoms with E-state index in [1.807, 2.05) is 6.07 Å². The first-order valence-corrected chi connectivity index (χ1v) is 24.7. The Hall–Kier alpha value is -6.84. The summed E-state index contributed by atoms with van der Waals surface area (Å²) in [7, 11) is 6.06. The Morgan fingerprint density at radius 1 is 0.681 bits per heavy atom. The Bertz CT molecular complexity index is 3060. The van der Waals surface area contributed by atoms with Crippen LogP contribution in [0.5, 0.6) is 5.75 Å². The zero-order chi connectivity index (χ0) is 49.1. The van der Waals surface area contributed by atoms with Gasteiger partial charge in [0, 0.05) is 58.5 Å². The molecule has 69 heavy (non-hydrogen) atoms. The summed E-state index contributed by atoms with van der Waals surface area (Å²) in [5.74, 6) is 0.899. The van der Waals surface area contributed by atoms with Gasteiger partial charge in [-0.1, -0.05) is 206 Å². The van der Waals surface area contributed by atoms with Gasteiger partial charge in [0.1, 0.15) is 5.75 Å². The predicted octanol–water partition coefficient (Wildman–Crippen LogP) is 16.8. The average Bonchev–Trinajstić information content (AvgIpc) is 3.77. The molecule has 0 saturated carbocycles. The van der Waals surface area contributed by atoms with Crippen LogP contribution in [0.3, 0.4) is 0 Å². The van der Waals surface area contributed by atoms with Crippen LogP contribution in [-0.4, -0.2) is 21.2 Å². The number of hydrogen-bond acceptors (Lipinski definition) is 3. The van der Waals surface area contributed by atoms with Crippen molar-refractivity contribution in [2.45, 2.75) is 91.4 Å². The molecule has 2 aliphatic heterocycles. The van der Waals surface area contributed by atoms with E-state index in [1.165, 1.54) is 83.7 Å². The van der Waals surface area contributed by atoms with Crippen LogP contribution in [-0.2, 0) is 22.7 Å². The van der Waals surface area contributed by atoms with E-state index in [2.05, 4.69) is 274 Å². The standard InChI is InChI=1S/C36H41NO.C30H31N/c1-7-30(21-14-22-34-35(2,3)32-26-31(38-6)23-24-33(32)37(34)5)36(4,27-29-18-12-9-13-19-29)25-15-20-28-16-10-8-11-17-28;1-20-23(29(2,3)25-19-18-21-12-7-8-13-22(21)28(20)25)15-11-17-27-30(4,5)24-14-9-10-16-26(24)31(27)6/h7-16,18-26H,17,27H2,1-6H3;7-19H,1-6H3/b21-14+,25-15+,28-20?,30-7+,34-22+;15-11+,27-17+. The second-order valence-electron chi connectivity index (χ2n) is 20.9. The Labute approximate surface area is 414 Å². The number of nitrogens with zero attached hydrogens (tertiary/aromatic N) is 2. The van der Waals surface area contributed by atoms with Crippen molar-refractivity contribution < 1.29 is 4.74 Å². The minimum atomic E-state index is -0.149. The number of benzene rings is 5. The summed E-state index contributed by atoms with van der Waals surface area (Å²) < 4.78 is 5.51. The Kier molecular flexibility index (Phi) is 13.8. The molecule has 0 bridgehead atoms. The first-order valence-electron chi connectivity index (χ1n) is 24.7. The third-order valence-corrected chi connectivity index (χ3v) is 15.4. The Balaban J connectivity index is 0.000000189. The predicted molar refractivity (Wildman–Crippen MR) is 298 cm³/mol. The fraction of sp³-hybridized carbons (Fsp3) is 0.273. The molecule has 9 rings (SSSR count). The third kappa shape index (κ3) is 9.37. The van der Waals surface area contributed by atoms with Gasteiger partial charge in [0.05, 0.1) is 7.11 Å². The number of anilines is 2. The van der Waals surface area contributed by atoms with Gasteiger partial charge in [0.25, 0.3) is 0 Å². The maximum absolute atomic E-state index is 5.51. The molecular weight excluding hydrogens is 837 g/mol. The molecule has 1 unspecified atom stereocenters. The maximum atomic E-state index is 5.51. The van der Waals surface area contributed by atoms with E-state index >= 15 is 0 Å². The van der Waals surface area contributed by atoms with Crippen LogP contribution in [0.25, 0.3) is 16.3 Å². The van der Waals surface area contributed by atoms with Crippen molar-refractivity contribution in [1.82, 2.24) is 0 Å². The number of ether oxygens (including phenoxy) is 1. The first-order chi connectivity index (χ1) is 33.0. The summed E-state index contributed by atoms with van der Waals surface area (Å²) in [5, 5.41) is 2.68. The summed E-state index contributed by atoms with van der Waals surface area (Å²) in [6.07, 6.45) is 33.3. The number of fused-ring (bicyclic) bond motifs is 5. The summed E-state index contributed by atoms with van der Waals surface area (Å²) >= 11 is 0. The van der Waals surface area contributed by atoms with Gasteiger partial charge < -0.3 is 14.5 Å². The van der Waals surface area contributed by atoms with Gasteiger partial charge in [-0.2, -0.15) is 0 Å². The quantitative estimate of drug-likeness (QED) is 0.130. The summed E-state index contributed by atoms with van der Waals surface area (Å²) in [5.41, 5.74) is 17.2. The minimum Gasteiger partial charge on any atom is -0.497 e. The van der Waals surface area contributed by atoms with Crippen LogP contribution in [0, 0.1) is 5.41 Å². The molecule has 2 heterocycles. The van der Waals surface area contributed by atoms with Crippen molar-refractivity contribution in [3.63, 3.8) is 0 Å². The number of para-hydroxylation sites is 1. The van der Waals surface area contributed by atoms with Crippen molar-refractivity contribution in [1.29, 1.82) is 0 Å². The molecule has 0 fully saturated rings. The van der Waals surface area contributed by atoms with E-state index in [0.717, 1.165) is 18.6 Å². The number of methoxy groups -OCH3 is 1. The van der Waals surface area contributed by atoms with Crippen molar-refractivity contribution in [2.24, 2.45) is 5.41 Å². The number of hydrogen-bond donors (Lipinski definition) is 0. The highest BCUT2D eigenvalue weighted by molar-refractivity contribution is 5.99. The van der Waals surface area contributed by atoms with Crippen LogP contribution >= 0.6 is 0 Å². The zero-order valence-electron chi connectivity index (χ0n) is 43.2. The lowest BCUT2D eigenvalue weighted by Gasteiger charge is -2.28. The molecule has 2 aliphatic carbocycles. The van der Waals surface area contributed by atoms with E-state index in [9.17, 15) is 0 Å². The largest absolute Gasteiger partial charge is 0.497 e. The lowest BCUT2D eigenvalue weighted by atomic mass is 9.76. The van der Waals surface area contributed by atoms with E-state index in [-0.39, 0.29) is 21.7 Å². The van der Waals surface area contributed by atoms with Gasteiger partial charge in [-0.15, -0.1) is 0 Å². The monoisotopic (exact) mass is 909 g/mol. The molecule has 4 aliphatic rings. The molecule has 0 saturated heterocycles. The number of allylic oxidation sites excluding steroid dienone is 20. The lowest BCUT2D eigenvalue weighted by Crippen LogP contribution is -2.22. The first kappa shape index (κ1) is 48.6. The van der Waals surface area contributed by atoms with Gasteiger partial charge in [0.2, 0.25) is 0 Å². The van der Waals surface area contributed by atoms with Crippen molar-refractivity contribution in [2.75, 3.05) is 31.0 Å². The van der Waals surface area contributed by atoms with Crippen molar-refractivity contribution in [3.8, 4) is 5.75 Å². The highest BCUT2D eigenvalue weighted by atomic mass is 16.5. The lowest BCUT2D eigenvalue weighted by molar-refractivity contribution is 0.413. The summed E-state index contributed by atoms with van der Waals surface area (Å²) in [6, 6.07) is 39.2. The Morgan fingerprint density at radius 2 is 1.35 bits per heavy atom. The highest BCUT2D eigenvalue weighted by Crippen LogP contribution is 2.51. The fourth-order valence-corrected chi connectivity index (χ4v) is 11.4. The SMILES string of the molecule is CC1=C(/C=C/C=C2/N(C)c3ccccc3C2(C)C)C(C)(C)c2ccc3ccccc3c21.C\C=C(/C=C/C=C1/N(C)c2ccc(OC)cc2C1(C)C)C(C)(/C=C/C=C1C=CC=CC1)Cc1ccccc1. The van der Waals surface area contributed by atoms with Gasteiger partial charge >= 0.3 is 0 Å². The molecule has 0 aromatic heterocycles. The highest BCUT2D eigenvalue weighted by Gasteiger charge is 2.40. The number of rotatable bonds is 10. The molecule has 0 N–H and O–H groups in total. The molecule has 0 spiro atoms. The van der Waals surface area contributed by atoms with E-state index < -0.39 is 0 Å². The van der Waals surface area contributed by atoms with Gasteiger partial charge in [-0.05, 0) is 124 Å². The van der Waals surface area contributed by atoms with E-state index in [0.29, 0.717) is 0 Å². The molecule has 0 amide bonds. The topological polar surface area (TPSA) is 15.7 Å². The zero-order valence-corrected chi connectivity index (χ0v) is 43.2. The van der Waals surface area contributed by atoms with Crippen LogP contribution in [0.2, 0.25) is 0 Å². The average molecular weight is 909 g/mol. The van der Waals surface area contributed by atoms with Gasteiger partial charge in [0.15, 0.2) is 0 Å². The molecule has 1 atom stereocenters. The van der Waals surface area contributed by atoms with Crippen LogP contribution < -0.4 is 14.5 Å². The van der Waals surface area contributed by atoms with Crippen molar-refractivity contribution >= 4 is 27.7 Å². The minimum absolute atomic E-state index is 0.00147.